The van der Waals surface area contributed by atoms with Crippen LogP contribution < -0.4 is 0 Å². The Bertz CT molecular complexity index is 1300. The number of allylic oxidation sites excluding steroid dienone is 14. The van der Waals surface area contributed by atoms with E-state index in [4.69, 9.17) is 14.2 Å². The van der Waals surface area contributed by atoms with E-state index in [1.165, 1.54) is 116 Å². The van der Waals surface area contributed by atoms with Gasteiger partial charge in [0.2, 0.25) is 0 Å². The van der Waals surface area contributed by atoms with E-state index in [-0.39, 0.29) is 37.5 Å². The molecule has 6 heteroatoms. The quantitative estimate of drug-likeness (QED) is 0.0262. The number of hydrogen-bond acceptors (Lipinski definition) is 6. The molecule has 0 aliphatic carbocycles. The molecule has 0 rings (SSSR count). The average Bonchev–Trinajstić information content (AvgIpc) is 3.33. The average molecular weight is 933 g/mol. The van der Waals surface area contributed by atoms with Crippen LogP contribution in [-0.4, -0.2) is 37.2 Å². The Morgan fingerprint density at radius 1 is 0.313 bits per heavy atom. The molecule has 0 heterocycles. The molecule has 384 valence electrons. The van der Waals surface area contributed by atoms with Gasteiger partial charge in [-0.3, -0.25) is 14.4 Å². The molecular formula is C61H104O6. The topological polar surface area (TPSA) is 78.9 Å². The molecule has 1 atom stereocenters. The summed E-state index contributed by atoms with van der Waals surface area (Å²) in [6, 6.07) is 0. The zero-order valence-corrected chi connectivity index (χ0v) is 43.9. The summed E-state index contributed by atoms with van der Waals surface area (Å²) in [6.07, 6.45) is 71.4. The summed E-state index contributed by atoms with van der Waals surface area (Å²) in [6.45, 7) is 6.45. The largest absolute Gasteiger partial charge is 0.462 e. The molecule has 0 bridgehead atoms. The van der Waals surface area contributed by atoms with Crippen LogP contribution in [0.4, 0.5) is 0 Å². The smallest absolute Gasteiger partial charge is 0.306 e. The Morgan fingerprint density at radius 3 is 1.00 bits per heavy atom. The standard InChI is InChI=1S/C61H104O6/c1-4-7-10-13-16-19-22-25-28-30-33-36-39-42-45-48-51-54-60(63)66-57-58(56-65-59(62)53-50-47-44-41-38-35-32-27-24-21-18-15-12-9-6-3)67-61(64)55-52-49-46-43-40-37-34-31-29-26-23-20-17-14-11-8-5-2/h7,10,16,18-19,21,25,27-28,32-33,36,42,45,58H,4-6,8-9,11-15,17,20,22-24,26,29-31,34-35,37-41,43-44,46-57H2,1-3H3/b10-7-,19-16-,21-18-,28-25-,32-27-,36-33-,45-42-/t58-/m0/s1. The number of unbranched alkanes of at least 4 members (excludes halogenated alkanes) is 25. The van der Waals surface area contributed by atoms with E-state index < -0.39 is 6.10 Å². The summed E-state index contributed by atoms with van der Waals surface area (Å²) in [5.41, 5.74) is 0. The summed E-state index contributed by atoms with van der Waals surface area (Å²) in [5, 5.41) is 0. The Kier molecular flexibility index (Phi) is 52.4. The first-order valence-corrected chi connectivity index (χ1v) is 28.1. The van der Waals surface area contributed by atoms with Gasteiger partial charge in [0.05, 0.1) is 0 Å². The predicted octanol–water partition coefficient (Wildman–Crippen LogP) is 18.8. The lowest BCUT2D eigenvalue weighted by atomic mass is 10.0. The van der Waals surface area contributed by atoms with E-state index in [1.54, 1.807) is 0 Å². The molecule has 0 amide bonds. The minimum Gasteiger partial charge on any atom is -0.462 e. The molecule has 0 N–H and O–H groups in total. The van der Waals surface area contributed by atoms with Crippen molar-refractivity contribution in [3.63, 3.8) is 0 Å². The fraction of sp³-hybridized carbons (Fsp3) is 0.721. The van der Waals surface area contributed by atoms with Gasteiger partial charge in [0.1, 0.15) is 13.2 Å². The minimum absolute atomic E-state index is 0.100. The highest BCUT2D eigenvalue weighted by Gasteiger charge is 2.19. The lowest BCUT2D eigenvalue weighted by Gasteiger charge is -2.18. The lowest BCUT2D eigenvalue weighted by molar-refractivity contribution is -0.167. The molecule has 0 radical (unpaired) electrons. The highest BCUT2D eigenvalue weighted by Crippen LogP contribution is 2.16. The first-order chi connectivity index (χ1) is 33.0. The molecule has 67 heavy (non-hydrogen) atoms. The maximum Gasteiger partial charge on any atom is 0.306 e. The van der Waals surface area contributed by atoms with Crippen molar-refractivity contribution in [2.75, 3.05) is 13.2 Å². The second-order valence-corrected chi connectivity index (χ2v) is 18.5. The van der Waals surface area contributed by atoms with Crippen LogP contribution in [0, 0.1) is 0 Å². The van der Waals surface area contributed by atoms with E-state index in [2.05, 4.69) is 106 Å². The maximum absolute atomic E-state index is 12.8. The number of hydrogen-bond donors (Lipinski definition) is 0. The van der Waals surface area contributed by atoms with Crippen molar-refractivity contribution >= 4 is 17.9 Å². The molecule has 6 nitrogen and oxygen atoms in total. The Morgan fingerprint density at radius 2 is 0.597 bits per heavy atom. The highest BCUT2D eigenvalue weighted by atomic mass is 16.6. The molecule has 0 aromatic heterocycles. The molecule has 0 aliphatic rings. The van der Waals surface area contributed by atoms with Crippen molar-refractivity contribution in [3.8, 4) is 0 Å². The third kappa shape index (κ3) is 53.4. The second-order valence-electron chi connectivity index (χ2n) is 18.5. The molecule has 0 fully saturated rings. The van der Waals surface area contributed by atoms with E-state index in [0.717, 1.165) is 103 Å². The van der Waals surface area contributed by atoms with E-state index in [9.17, 15) is 14.4 Å². The molecule has 0 aromatic carbocycles. The van der Waals surface area contributed by atoms with Crippen molar-refractivity contribution in [1.29, 1.82) is 0 Å². The lowest BCUT2D eigenvalue weighted by Crippen LogP contribution is -2.30. The van der Waals surface area contributed by atoms with Crippen molar-refractivity contribution in [1.82, 2.24) is 0 Å². The van der Waals surface area contributed by atoms with Gasteiger partial charge in [-0.2, -0.15) is 0 Å². The van der Waals surface area contributed by atoms with Gasteiger partial charge in [-0.1, -0.05) is 241 Å². The number of ether oxygens (including phenoxy) is 3. The minimum atomic E-state index is -0.804. The third-order valence-corrected chi connectivity index (χ3v) is 11.9. The first-order valence-electron chi connectivity index (χ1n) is 28.1. The number of carbonyl (C=O) groups is 3. The molecular weight excluding hydrogens is 829 g/mol. The zero-order valence-electron chi connectivity index (χ0n) is 43.9. The maximum atomic E-state index is 12.8. The number of carbonyl (C=O) groups excluding carboxylic acids is 3. The molecule has 0 aromatic rings. The SMILES string of the molecule is CC/C=C\C/C=C\C/C=C\C/C=C\C/C=C\CCCC(=O)OC[C@H](COC(=O)CCCCCCC/C=C\C/C=C\CCCCC)OC(=O)CCCCCCCCCCCCCCCCCCC. The molecule has 0 unspecified atom stereocenters. The summed E-state index contributed by atoms with van der Waals surface area (Å²) in [4.78, 5) is 38.1. The van der Waals surface area contributed by atoms with Crippen LogP contribution in [0.15, 0.2) is 85.1 Å². The highest BCUT2D eigenvalue weighted by molar-refractivity contribution is 5.71. The van der Waals surface area contributed by atoms with Crippen LogP contribution in [-0.2, 0) is 28.6 Å². The van der Waals surface area contributed by atoms with Crippen LogP contribution >= 0.6 is 0 Å². The van der Waals surface area contributed by atoms with Crippen LogP contribution in [0.1, 0.15) is 265 Å². The van der Waals surface area contributed by atoms with Gasteiger partial charge < -0.3 is 14.2 Å². The Hall–Kier alpha value is -3.41. The normalized spacial score (nSPS) is 12.7. The van der Waals surface area contributed by atoms with Crippen LogP contribution in [0.5, 0.6) is 0 Å². The van der Waals surface area contributed by atoms with Crippen molar-refractivity contribution in [3.05, 3.63) is 85.1 Å². The van der Waals surface area contributed by atoms with Crippen molar-refractivity contribution in [2.45, 2.75) is 271 Å². The van der Waals surface area contributed by atoms with Gasteiger partial charge in [0.25, 0.3) is 0 Å². The fourth-order valence-electron chi connectivity index (χ4n) is 7.68. The zero-order chi connectivity index (χ0) is 48.6. The summed E-state index contributed by atoms with van der Waals surface area (Å²) in [5.74, 6) is -0.966. The van der Waals surface area contributed by atoms with E-state index in [0.29, 0.717) is 19.3 Å². The van der Waals surface area contributed by atoms with Gasteiger partial charge in [0.15, 0.2) is 6.10 Å². The molecule has 0 saturated heterocycles. The molecule has 0 aliphatic heterocycles. The van der Waals surface area contributed by atoms with Crippen LogP contribution in [0.25, 0.3) is 0 Å². The van der Waals surface area contributed by atoms with Crippen molar-refractivity contribution in [2.24, 2.45) is 0 Å². The summed E-state index contributed by atoms with van der Waals surface area (Å²) >= 11 is 0. The second kappa shape index (κ2) is 55.2. The fourth-order valence-corrected chi connectivity index (χ4v) is 7.68. The Balaban J connectivity index is 4.48. The summed E-state index contributed by atoms with van der Waals surface area (Å²) < 4.78 is 16.8. The van der Waals surface area contributed by atoms with Crippen LogP contribution in [0.2, 0.25) is 0 Å². The Labute approximate surface area is 414 Å². The van der Waals surface area contributed by atoms with E-state index in [1.807, 2.05) is 0 Å². The predicted molar refractivity (Wildman–Crippen MR) is 288 cm³/mol. The van der Waals surface area contributed by atoms with Gasteiger partial charge >= 0.3 is 17.9 Å². The third-order valence-electron chi connectivity index (χ3n) is 11.9. The van der Waals surface area contributed by atoms with Gasteiger partial charge in [-0.15, -0.1) is 0 Å². The van der Waals surface area contributed by atoms with Crippen molar-refractivity contribution < 1.29 is 28.6 Å². The monoisotopic (exact) mass is 933 g/mol. The first kappa shape index (κ1) is 63.6. The summed E-state index contributed by atoms with van der Waals surface area (Å²) in [7, 11) is 0. The van der Waals surface area contributed by atoms with E-state index >= 15 is 0 Å². The number of esters is 3. The van der Waals surface area contributed by atoms with Crippen LogP contribution in [0.3, 0.4) is 0 Å². The van der Waals surface area contributed by atoms with Gasteiger partial charge in [-0.05, 0) is 89.9 Å². The molecule has 0 saturated carbocycles. The van der Waals surface area contributed by atoms with Gasteiger partial charge in [0, 0.05) is 19.3 Å². The molecule has 0 spiro atoms. The number of rotatable bonds is 50. The van der Waals surface area contributed by atoms with Gasteiger partial charge in [-0.25, -0.2) is 0 Å².